The molecular weight excluding hydrogens is 298 g/mol. The van der Waals surface area contributed by atoms with E-state index < -0.39 is 0 Å². The van der Waals surface area contributed by atoms with E-state index in [2.05, 4.69) is 44.5 Å². The molecule has 0 bridgehead atoms. The summed E-state index contributed by atoms with van der Waals surface area (Å²) in [5, 5.41) is 3.38. The molecule has 0 aliphatic carbocycles. The highest BCUT2D eigenvalue weighted by atomic mass is 15.3. The minimum atomic E-state index is 0.717. The van der Waals surface area contributed by atoms with Crippen molar-refractivity contribution in [3.63, 3.8) is 0 Å². The van der Waals surface area contributed by atoms with Crippen LogP contribution in [-0.4, -0.2) is 21.5 Å². The lowest BCUT2D eigenvalue weighted by atomic mass is 10.2. The molecular formula is C19H19N5. The number of hydrogen-bond acceptors (Lipinski definition) is 5. The summed E-state index contributed by atoms with van der Waals surface area (Å²) in [5.74, 6) is 1.61. The number of anilines is 3. The van der Waals surface area contributed by atoms with Crippen molar-refractivity contribution in [3.8, 4) is 0 Å². The smallest absolute Gasteiger partial charge is 0.232 e. The lowest BCUT2D eigenvalue weighted by molar-refractivity contribution is 0.926. The van der Waals surface area contributed by atoms with Crippen molar-refractivity contribution in [2.45, 2.75) is 19.9 Å². The lowest BCUT2D eigenvalue weighted by Gasteiger charge is -2.18. The Hall–Kier alpha value is -2.95. The first-order valence-electron chi connectivity index (χ1n) is 8.13. The van der Waals surface area contributed by atoms with Crippen LogP contribution in [0.1, 0.15) is 16.8 Å². The molecule has 0 saturated heterocycles. The van der Waals surface area contributed by atoms with Gasteiger partial charge in [0.2, 0.25) is 5.95 Å². The molecule has 1 aromatic carbocycles. The second kappa shape index (κ2) is 6.28. The van der Waals surface area contributed by atoms with Gasteiger partial charge in [0.25, 0.3) is 0 Å². The SMILES string of the molecule is Cc1cc(NCc2ccncc2)nc(N2CCc3ccccc32)n1. The summed E-state index contributed by atoms with van der Waals surface area (Å²) in [4.78, 5) is 15.6. The molecule has 0 saturated carbocycles. The van der Waals surface area contributed by atoms with Crippen LogP contribution in [0.3, 0.4) is 0 Å². The summed E-state index contributed by atoms with van der Waals surface area (Å²) in [6, 6.07) is 14.4. The monoisotopic (exact) mass is 317 g/mol. The zero-order chi connectivity index (χ0) is 16.4. The van der Waals surface area contributed by atoms with Crippen LogP contribution in [0.5, 0.6) is 0 Å². The molecule has 3 heterocycles. The zero-order valence-corrected chi connectivity index (χ0v) is 13.6. The number of nitrogens with one attached hydrogen (secondary N) is 1. The standard InChI is InChI=1S/C19H19N5/c1-14-12-18(21-13-15-6-9-20-10-7-15)23-19(22-14)24-11-8-16-4-2-3-5-17(16)24/h2-7,9-10,12H,8,11,13H2,1H3,(H,21,22,23). The fourth-order valence-electron chi connectivity index (χ4n) is 3.00. The highest BCUT2D eigenvalue weighted by Gasteiger charge is 2.22. The van der Waals surface area contributed by atoms with Gasteiger partial charge in [0.1, 0.15) is 5.82 Å². The van der Waals surface area contributed by atoms with Gasteiger partial charge in [0.05, 0.1) is 0 Å². The molecule has 1 aliphatic heterocycles. The average molecular weight is 317 g/mol. The number of para-hydroxylation sites is 1. The van der Waals surface area contributed by atoms with Crippen LogP contribution in [0, 0.1) is 6.92 Å². The first-order valence-corrected chi connectivity index (χ1v) is 8.13. The third-order valence-corrected chi connectivity index (χ3v) is 4.19. The number of aryl methyl sites for hydroxylation is 1. The Morgan fingerprint density at radius 2 is 1.92 bits per heavy atom. The third-order valence-electron chi connectivity index (χ3n) is 4.19. The number of benzene rings is 1. The second-order valence-corrected chi connectivity index (χ2v) is 5.93. The molecule has 4 rings (SSSR count). The van der Waals surface area contributed by atoms with Crippen LogP contribution < -0.4 is 10.2 Å². The van der Waals surface area contributed by atoms with Gasteiger partial charge in [-0.3, -0.25) is 4.98 Å². The number of fused-ring (bicyclic) bond motifs is 1. The minimum absolute atomic E-state index is 0.717. The van der Waals surface area contributed by atoms with E-state index in [1.807, 2.05) is 25.1 Å². The van der Waals surface area contributed by atoms with Crippen LogP contribution in [0.2, 0.25) is 0 Å². The number of aromatic nitrogens is 3. The van der Waals surface area contributed by atoms with Crippen LogP contribution in [-0.2, 0) is 13.0 Å². The van der Waals surface area contributed by atoms with Crippen molar-refractivity contribution in [1.82, 2.24) is 15.0 Å². The Bertz CT molecular complexity index is 847. The molecule has 0 fully saturated rings. The van der Waals surface area contributed by atoms with Crippen LogP contribution in [0.4, 0.5) is 17.5 Å². The fourth-order valence-corrected chi connectivity index (χ4v) is 3.00. The number of rotatable bonds is 4. The zero-order valence-electron chi connectivity index (χ0n) is 13.6. The van der Waals surface area contributed by atoms with E-state index in [0.717, 1.165) is 37.0 Å². The van der Waals surface area contributed by atoms with Crippen molar-refractivity contribution < 1.29 is 0 Å². The Kier molecular flexibility index (Phi) is 3.83. The van der Waals surface area contributed by atoms with E-state index in [1.54, 1.807) is 12.4 Å². The first-order chi connectivity index (χ1) is 11.8. The maximum atomic E-state index is 4.72. The Labute approximate surface area is 141 Å². The number of pyridine rings is 1. The molecule has 0 atom stereocenters. The Morgan fingerprint density at radius 3 is 2.79 bits per heavy atom. The second-order valence-electron chi connectivity index (χ2n) is 5.93. The van der Waals surface area contributed by atoms with Gasteiger partial charge in [-0.25, -0.2) is 4.98 Å². The number of nitrogens with zero attached hydrogens (tertiary/aromatic N) is 4. The van der Waals surface area contributed by atoms with E-state index in [4.69, 9.17) is 4.98 Å². The minimum Gasteiger partial charge on any atom is -0.366 e. The highest BCUT2D eigenvalue weighted by Crippen LogP contribution is 2.32. The summed E-state index contributed by atoms with van der Waals surface area (Å²) < 4.78 is 0. The molecule has 5 heteroatoms. The average Bonchev–Trinajstić information content (AvgIpc) is 3.05. The molecule has 0 radical (unpaired) electrons. The van der Waals surface area contributed by atoms with Crippen molar-refractivity contribution >= 4 is 17.5 Å². The fraction of sp³-hybridized carbons (Fsp3) is 0.211. The molecule has 24 heavy (non-hydrogen) atoms. The van der Waals surface area contributed by atoms with E-state index in [0.29, 0.717) is 0 Å². The molecule has 3 aromatic rings. The molecule has 5 nitrogen and oxygen atoms in total. The third kappa shape index (κ3) is 2.93. The van der Waals surface area contributed by atoms with Crippen molar-refractivity contribution in [1.29, 1.82) is 0 Å². The van der Waals surface area contributed by atoms with Gasteiger partial charge in [-0.05, 0) is 42.7 Å². The highest BCUT2D eigenvalue weighted by molar-refractivity contribution is 5.66. The van der Waals surface area contributed by atoms with Crippen molar-refractivity contribution in [2.24, 2.45) is 0 Å². The van der Waals surface area contributed by atoms with E-state index in [1.165, 1.54) is 16.8 Å². The summed E-state index contributed by atoms with van der Waals surface area (Å²) in [6.45, 7) is 3.65. The molecule has 0 unspecified atom stereocenters. The van der Waals surface area contributed by atoms with Gasteiger partial charge in [0, 0.05) is 42.9 Å². The predicted molar refractivity (Wildman–Crippen MR) is 95.5 cm³/mol. The molecule has 2 aromatic heterocycles. The van der Waals surface area contributed by atoms with Gasteiger partial charge in [-0.1, -0.05) is 18.2 Å². The van der Waals surface area contributed by atoms with Gasteiger partial charge < -0.3 is 10.2 Å². The quantitative estimate of drug-likeness (QED) is 0.798. The predicted octanol–water partition coefficient (Wildman–Crippen LogP) is 3.49. The maximum absolute atomic E-state index is 4.72. The molecule has 1 N–H and O–H groups in total. The van der Waals surface area contributed by atoms with Crippen LogP contribution >= 0.6 is 0 Å². The summed E-state index contributed by atoms with van der Waals surface area (Å²) >= 11 is 0. The normalized spacial score (nSPS) is 13.0. The van der Waals surface area contributed by atoms with Gasteiger partial charge in [-0.2, -0.15) is 4.98 Å². The molecule has 0 spiro atoms. The van der Waals surface area contributed by atoms with Crippen molar-refractivity contribution in [3.05, 3.63) is 71.7 Å². The van der Waals surface area contributed by atoms with E-state index >= 15 is 0 Å². The van der Waals surface area contributed by atoms with E-state index in [9.17, 15) is 0 Å². The van der Waals surface area contributed by atoms with Crippen molar-refractivity contribution in [2.75, 3.05) is 16.8 Å². The summed E-state index contributed by atoms with van der Waals surface area (Å²) in [5.41, 5.74) is 4.70. The summed E-state index contributed by atoms with van der Waals surface area (Å²) in [6.07, 6.45) is 4.64. The van der Waals surface area contributed by atoms with Gasteiger partial charge in [-0.15, -0.1) is 0 Å². The topological polar surface area (TPSA) is 53.9 Å². The number of hydrogen-bond donors (Lipinski definition) is 1. The summed E-state index contributed by atoms with van der Waals surface area (Å²) in [7, 11) is 0. The largest absolute Gasteiger partial charge is 0.366 e. The van der Waals surface area contributed by atoms with E-state index in [-0.39, 0.29) is 0 Å². The molecule has 120 valence electrons. The molecule has 0 amide bonds. The Morgan fingerprint density at radius 1 is 1.08 bits per heavy atom. The van der Waals surface area contributed by atoms with Crippen LogP contribution in [0.25, 0.3) is 0 Å². The lowest BCUT2D eigenvalue weighted by Crippen LogP contribution is -2.17. The first kappa shape index (κ1) is 14.6. The Balaban J connectivity index is 1.58. The maximum Gasteiger partial charge on any atom is 0.232 e. The molecule has 1 aliphatic rings. The van der Waals surface area contributed by atoms with Gasteiger partial charge >= 0.3 is 0 Å². The van der Waals surface area contributed by atoms with Gasteiger partial charge in [0.15, 0.2) is 0 Å². The van der Waals surface area contributed by atoms with Crippen LogP contribution in [0.15, 0.2) is 54.9 Å².